The van der Waals surface area contributed by atoms with Crippen LogP contribution < -0.4 is 0 Å². The minimum atomic E-state index is 0.696. The van der Waals surface area contributed by atoms with Crippen molar-refractivity contribution in [1.82, 2.24) is 18.9 Å². The highest BCUT2D eigenvalue weighted by Crippen LogP contribution is 2.43. The van der Waals surface area contributed by atoms with Gasteiger partial charge in [-0.15, -0.1) is 0 Å². The zero-order valence-electron chi connectivity index (χ0n) is 28.1. The lowest BCUT2D eigenvalue weighted by atomic mass is 10.00. The fourth-order valence-corrected chi connectivity index (χ4v) is 8.20. The molecule has 11 rings (SSSR count). The van der Waals surface area contributed by atoms with Gasteiger partial charge in [0, 0.05) is 49.3 Å². The van der Waals surface area contributed by atoms with E-state index in [1.54, 1.807) is 0 Å². The van der Waals surface area contributed by atoms with E-state index in [4.69, 9.17) is 9.97 Å². The molecule has 0 aliphatic heterocycles. The van der Waals surface area contributed by atoms with E-state index in [2.05, 4.69) is 179 Å². The minimum absolute atomic E-state index is 0.696. The van der Waals surface area contributed by atoms with E-state index >= 15 is 0 Å². The smallest absolute Gasteiger partial charge is 0.160 e. The number of aromatic nitrogens is 4. The highest BCUT2D eigenvalue weighted by atomic mass is 15.0. The van der Waals surface area contributed by atoms with Crippen LogP contribution in [0.2, 0.25) is 0 Å². The third kappa shape index (κ3) is 4.28. The third-order valence-electron chi connectivity index (χ3n) is 10.5. The molecule has 242 valence electrons. The van der Waals surface area contributed by atoms with Gasteiger partial charge in [0.15, 0.2) is 5.82 Å². The number of hydrogen-bond acceptors (Lipinski definition) is 2. The average molecular weight is 663 g/mol. The van der Waals surface area contributed by atoms with Crippen LogP contribution in [0, 0.1) is 0 Å². The number of fused-ring (bicyclic) bond motifs is 12. The summed E-state index contributed by atoms with van der Waals surface area (Å²) in [5, 5.41) is 7.49. The normalized spacial score (nSPS) is 11.8. The largest absolute Gasteiger partial charge is 0.309 e. The highest BCUT2D eigenvalue weighted by Gasteiger charge is 2.20. The summed E-state index contributed by atoms with van der Waals surface area (Å²) in [5.74, 6) is 0.696. The Bertz CT molecular complexity index is 3110. The lowest BCUT2D eigenvalue weighted by Gasteiger charge is -2.13. The van der Waals surface area contributed by atoms with Gasteiger partial charge in [-0.25, -0.2) is 9.97 Å². The molecule has 0 spiro atoms. The van der Waals surface area contributed by atoms with Crippen molar-refractivity contribution in [3.63, 3.8) is 0 Å². The lowest BCUT2D eigenvalue weighted by Crippen LogP contribution is -1.98. The van der Waals surface area contributed by atoms with Gasteiger partial charge in [-0.05, 0) is 53.9 Å². The van der Waals surface area contributed by atoms with Crippen LogP contribution >= 0.6 is 0 Å². The van der Waals surface area contributed by atoms with E-state index in [1.165, 1.54) is 48.9 Å². The van der Waals surface area contributed by atoms with Crippen molar-refractivity contribution in [1.29, 1.82) is 0 Å². The monoisotopic (exact) mass is 662 g/mol. The summed E-state index contributed by atoms with van der Waals surface area (Å²) in [6.45, 7) is 0. The summed E-state index contributed by atoms with van der Waals surface area (Å²) in [7, 11) is 0. The van der Waals surface area contributed by atoms with Crippen LogP contribution in [-0.2, 0) is 0 Å². The molecule has 7 aromatic carbocycles. The maximum absolute atomic E-state index is 5.15. The fraction of sp³-hybridized carbons (Fsp3) is 0. The topological polar surface area (TPSA) is 35.1 Å². The van der Waals surface area contributed by atoms with Crippen molar-refractivity contribution in [2.24, 2.45) is 0 Å². The van der Waals surface area contributed by atoms with E-state index < -0.39 is 0 Å². The predicted octanol–water partition coefficient (Wildman–Crippen LogP) is 12.3. The molecule has 0 atom stereocenters. The molecule has 11 aromatic rings. The SMILES string of the molecule is c1ccc(-c2cc(-c3ccccc3)nc(-c3cccc(-n4c5ccccc5c5c6c(ccc54)c4ccccc4n4c5ccccc5cc64)c3)n2)cc1. The van der Waals surface area contributed by atoms with E-state index in [0.717, 1.165) is 44.8 Å². The number of pyridine rings is 1. The Hall–Kier alpha value is -7.04. The summed E-state index contributed by atoms with van der Waals surface area (Å²) in [5.41, 5.74) is 11.9. The summed E-state index contributed by atoms with van der Waals surface area (Å²) < 4.78 is 4.85. The standard InChI is InChI=1S/C48H30N4/c1-3-14-31(15-4-1)39-30-40(32-16-5-2-6-17-32)50-48(49-39)34-19-13-20-35(28-34)51-43-25-12-9-22-38(43)47-44(51)27-26-37-36-21-8-11-24-42(36)52-41-23-10-7-18-33(41)29-45(52)46(37)47/h1-30H. The molecule has 0 saturated heterocycles. The number of rotatable bonds is 4. The number of para-hydroxylation sites is 3. The molecule has 0 saturated carbocycles. The second kappa shape index (κ2) is 11.2. The second-order valence-electron chi connectivity index (χ2n) is 13.4. The summed E-state index contributed by atoms with van der Waals surface area (Å²) in [6, 6.07) is 64.7. The molecule has 0 aliphatic carbocycles. The van der Waals surface area contributed by atoms with Crippen LogP contribution in [0.1, 0.15) is 0 Å². The molecule has 4 aromatic heterocycles. The number of hydrogen-bond donors (Lipinski definition) is 0. The van der Waals surface area contributed by atoms with Gasteiger partial charge in [0.1, 0.15) is 0 Å². The Labute approximate surface area is 299 Å². The molecular formula is C48H30N4. The number of benzene rings is 7. The Balaban J connectivity index is 1.19. The van der Waals surface area contributed by atoms with Crippen molar-refractivity contribution in [3.05, 3.63) is 182 Å². The van der Waals surface area contributed by atoms with Crippen LogP contribution in [0.5, 0.6) is 0 Å². The van der Waals surface area contributed by atoms with E-state index in [1.807, 2.05) is 12.1 Å². The first-order valence-corrected chi connectivity index (χ1v) is 17.7. The molecule has 0 radical (unpaired) electrons. The van der Waals surface area contributed by atoms with Gasteiger partial charge >= 0.3 is 0 Å². The van der Waals surface area contributed by atoms with Crippen molar-refractivity contribution in [2.45, 2.75) is 0 Å². The van der Waals surface area contributed by atoms with Gasteiger partial charge in [-0.2, -0.15) is 0 Å². The maximum atomic E-state index is 5.15. The third-order valence-corrected chi connectivity index (χ3v) is 10.5. The Kier molecular flexibility index (Phi) is 6.22. The first-order chi connectivity index (χ1) is 25.8. The molecule has 0 unspecified atom stereocenters. The number of nitrogens with zero attached hydrogens (tertiary/aromatic N) is 4. The zero-order valence-corrected chi connectivity index (χ0v) is 28.1. The van der Waals surface area contributed by atoms with Crippen LogP contribution in [0.4, 0.5) is 0 Å². The molecule has 0 bridgehead atoms. The molecule has 4 nitrogen and oxygen atoms in total. The quantitative estimate of drug-likeness (QED) is 0.176. The summed E-state index contributed by atoms with van der Waals surface area (Å²) >= 11 is 0. The van der Waals surface area contributed by atoms with Gasteiger partial charge in [0.25, 0.3) is 0 Å². The average Bonchev–Trinajstić information content (AvgIpc) is 3.78. The predicted molar refractivity (Wildman–Crippen MR) is 216 cm³/mol. The van der Waals surface area contributed by atoms with E-state index in [-0.39, 0.29) is 0 Å². The Morgan fingerprint density at radius 2 is 0.942 bits per heavy atom. The van der Waals surface area contributed by atoms with Gasteiger partial charge < -0.3 is 8.97 Å². The Morgan fingerprint density at radius 1 is 0.346 bits per heavy atom. The van der Waals surface area contributed by atoms with Crippen molar-refractivity contribution in [2.75, 3.05) is 0 Å². The van der Waals surface area contributed by atoms with Crippen molar-refractivity contribution >= 4 is 59.9 Å². The van der Waals surface area contributed by atoms with Crippen LogP contribution in [-0.4, -0.2) is 18.9 Å². The first kappa shape index (κ1) is 28.8. The van der Waals surface area contributed by atoms with Crippen LogP contribution in [0.3, 0.4) is 0 Å². The maximum Gasteiger partial charge on any atom is 0.160 e. The second-order valence-corrected chi connectivity index (χ2v) is 13.4. The van der Waals surface area contributed by atoms with Crippen molar-refractivity contribution in [3.8, 4) is 39.6 Å². The lowest BCUT2D eigenvalue weighted by molar-refractivity contribution is 1.16. The van der Waals surface area contributed by atoms with Crippen LogP contribution in [0.15, 0.2) is 182 Å². The van der Waals surface area contributed by atoms with Gasteiger partial charge in [-0.1, -0.05) is 133 Å². The molecular weight excluding hydrogens is 633 g/mol. The van der Waals surface area contributed by atoms with Crippen LogP contribution in [0.25, 0.3) is 99.5 Å². The van der Waals surface area contributed by atoms with Crippen molar-refractivity contribution < 1.29 is 0 Å². The molecule has 0 N–H and O–H groups in total. The first-order valence-electron chi connectivity index (χ1n) is 17.7. The van der Waals surface area contributed by atoms with Gasteiger partial charge in [-0.3, -0.25) is 0 Å². The molecule has 4 heterocycles. The summed E-state index contributed by atoms with van der Waals surface area (Å²) in [4.78, 5) is 10.3. The van der Waals surface area contributed by atoms with Gasteiger partial charge in [0.2, 0.25) is 0 Å². The fourth-order valence-electron chi connectivity index (χ4n) is 8.20. The van der Waals surface area contributed by atoms with E-state index in [0.29, 0.717) is 5.82 Å². The molecule has 0 amide bonds. The molecule has 0 aliphatic rings. The minimum Gasteiger partial charge on any atom is -0.309 e. The Morgan fingerprint density at radius 3 is 1.69 bits per heavy atom. The highest BCUT2D eigenvalue weighted by molar-refractivity contribution is 6.30. The van der Waals surface area contributed by atoms with E-state index in [9.17, 15) is 0 Å². The zero-order chi connectivity index (χ0) is 34.2. The molecule has 4 heteroatoms. The molecule has 0 fully saturated rings. The summed E-state index contributed by atoms with van der Waals surface area (Å²) in [6.07, 6.45) is 0. The van der Waals surface area contributed by atoms with Gasteiger partial charge in [0.05, 0.1) is 39.0 Å². The molecule has 52 heavy (non-hydrogen) atoms.